The lowest BCUT2D eigenvalue weighted by Crippen LogP contribution is -2.11. The average Bonchev–Trinajstić information content (AvgIpc) is 3.13. The SMILES string of the molecule is Cc1cc(CF)n(-c2ccc(NC(=O)c3scnc3C)cc2)n1. The molecule has 3 aromatic rings. The number of anilines is 1. The summed E-state index contributed by atoms with van der Waals surface area (Å²) in [6, 6.07) is 8.83. The molecule has 23 heavy (non-hydrogen) atoms. The number of carbonyl (C=O) groups is 1. The van der Waals surface area contributed by atoms with Crippen LogP contribution >= 0.6 is 11.3 Å². The lowest BCUT2D eigenvalue weighted by Gasteiger charge is -2.08. The molecule has 1 aromatic carbocycles. The average molecular weight is 330 g/mol. The summed E-state index contributed by atoms with van der Waals surface area (Å²) >= 11 is 1.31. The number of hydrogen-bond donors (Lipinski definition) is 1. The van der Waals surface area contributed by atoms with Gasteiger partial charge in [-0.1, -0.05) is 0 Å². The molecule has 0 fully saturated rings. The van der Waals surface area contributed by atoms with Gasteiger partial charge in [0, 0.05) is 5.69 Å². The van der Waals surface area contributed by atoms with Gasteiger partial charge in [0.2, 0.25) is 0 Å². The maximum atomic E-state index is 13.0. The van der Waals surface area contributed by atoms with Crippen molar-refractivity contribution in [1.82, 2.24) is 14.8 Å². The molecule has 0 aliphatic rings. The Hall–Kier alpha value is -2.54. The molecule has 2 heterocycles. The summed E-state index contributed by atoms with van der Waals surface area (Å²) in [4.78, 5) is 16.8. The monoisotopic (exact) mass is 330 g/mol. The highest BCUT2D eigenvalue weighted by atomic mass is 32.1. The highest BCUT2D eigenvalue weighted by Gasteiger charge is 2.12. The van der Waals surface area contributed by atoms with E-state index < -0.39 is 6.67 Å². The number of thiazole rings is 1. The topological polar surface area (TPSA) is 59.8 Å². The van der Waals surface area contributed by atoms with Gasteiger partial charge in [-0.05, 0) is 44.2 Å². The Bertz CT molecular complexity index is 838. The fourth-order valence-electron chi connectivity index (χ4n) is 2.27. The van der Waals surface area contributed by atoms with Crippen LogP contribution in [0.2, 0.25) is 0 Å². The van der Waals surface area contributed by atoms with Crippen molar-refractivity contribution in [3.05, 3.63) is 57.8 Å². The van der Waals surface area contributed by atoms with E-state index >= 15 is 0 Å². The van der Waals surface area contributed by atoms with Crippen LogP contribution in [-0.2, 0) is 6.67 Å². The molecule has 0 spiro atoms. The highest BCUT2D eigenvalue weighted by Crippen LogP contribution is 2.19. The minimum atomic E-state index is -0.579. The van der Waals surface area contributed by atoms with Crippen LogP contribution in [0, 0.1) is 13.8 Å². The standard InChI is InChI=1S/C16H15FN4OS/c1-10-7-14(8-17)21(20-10)13-5-3-12(4-6-13)19-16(22)15-11(2)18-9-23-15/h3-7,9H,8H2,1-2H3,(H,19,22). The van der Waals surface area contributed by atoms with Crippen molar-refractivity contribution >= 4 is 22.9 Å². The fourth-order valence-corrected chi connectivity index (χ4v) is 2.96. The van der Waals surface area contributed by atoms with Crippen molar-refractivity contribution in [2.45, 2.75) is 20.5 Å². The van der Waals surface area contributed by atoms with Crippen molar-refractivity contribution in [1.29, 1.82) is 0 Å². The van der Waals surface area contributed by atoms with E-state index in [1.54, 1.807) is 47.4 Å². The van der Waals surface area contributed by atoms with Crippen molar-refractivity contribution in [2.24, 2.45) is 0 Å². The third-order valence-electron chi connectivity index (χ3n) is 3.36. The molecule has 0 bridgehead atoms. The van der Waals surface area contributed by atoms with Gasteiger partial charge in [-0.15, -0.1) is 11.3 Å². The Morgan fingerprint density at radius 2 is 2.04 bits per heavy atom. The second kappa shape index (κ2) is 6.29. The maximum absolute atomic E-state index is 13.0. The minimum Gasteiger partial charge on any atom is -0.321 e. The van der Waals surface area contributed by atoms with Gasteiger partial charge in [-0.3, -0.25) is 4.79 Å². The number of carbonyl (C=O) groups excluding carboxylic acids is 1. The molecule has 0 aliphatic carbocycles. The number of aromatic nitrogens is 3. The number of halogens is 1. The molecule has 1 amide bonds. The zero-order valence-electron chi connectivity index (χ0n) is 12.7. The van der Waals surface area contributed by atoms with Crippen LogP contribution < -0.4 is 5.32 Å². The van der Waals surface area contributed by atoms with Crippen LogP contribution in [0.25, 0.3) is 5.69 Å². The first-order valence-corrected chi connectivity index (χ1v) is 7.90. The molecule has 0 unspecified atom stereocenters. The Kier molecular flexibility index (Phi) is 4.20. The lowest BCUT2D eigenvalue weighted by atomic mass is 10.2. The predicted molar refractivity (Wildman–Crippen MR) is 87.9 cm³/mol. The number of alkyl halides is 1. The predicted octanol–water partition coefficient (Wildman–Crippen LogP) is 3.67. The lowest BCUT2D eigenvalue weighted by molar-refractivity contribution is 0.103. The molecule has 0 saturated heterocycles. The van der Waals surface area contributed by atoms with E-state index in [1.807, 2.05) is 6.92 Å². The second-order valence-corrected chi connectivity index (χ2v) is 5.95. The van der Waals surface area contributed by atoms with Crippen molar-refractivity contribution < 1.29 is 9.18 Å². The van der Waals surface area contributed by atoms with Crippen LogP contribution in [0.3, 0.4) is 0 Å². The maximum Gasteiger partial charge on any atom is 0.267 e. The fraction of sp³-hybridized carbons (Fsp3) is 0.188. The first kappa shape index (κ1) is 15.4. The van der Waals surface area contributed by atoms with E-state index in [4.69, 9.17) is 0 Å². The Labute approximate surface area is 136 Å². The van der Waals surface area contributed by atoms with Gasteiger partial charge in [0.05, 0.1) is 28.3 Å². The van der Waals surface area contributed by atoms with E-state index in [0.717, 1.165) is 11.4 Å². The summed E-state index contributed by atoms with van der Waals surface area (Å²) in [6.07, 6.45) is 0. The largest absolute Gasteiger partial charge is 0.321 e. The molecule has 3 rings (SSSR count). The first-order chi connectivity index (χ1) is 11.1. The number of hydrogen-bond acceptors (Lipinski definition) is 4. The van der Waals surface area contributed by atoms with E-state index in [9.17, 15) is 9.18 Å². The minimum absolute atomic E-state index is 0.183. The Morgan fingerprint density at radius 3 is 2.65 bits per heavy atom. The molecule has 2 aromatic heterocycles. The van der Waals surface area contributed by atoms with Crippen LogP contribution in [0.15, 0.2) is 35.8 Å². The van der Waals surface area contributed by atoms with E-state index in [0.29, 0.717) is 22.0 Å². The quantitative estimate of drug-likeness (QED) is 0.794. The second-order valence-electron chi connectivity index (χ2n) is 5.09. The summed E-state index contributed by atoms with van der Waals surface area (Å²) in [5, 5.41) is 7.10. The smallest absolute Gasteiger partial charge is 0.267 e. The van der Waals surface area contributed by atoms with E-state index in [-0.39, 0.29) is 5.91 Å². The highest BCUT2D eigenvalue weighted by molar-refractivity contribution is 7.12. The summed E-state index contributed by atoms with van der Waals surface area (Å²) in [7, 11) is 0. The van der Waals surface area contributed by atoms with Crippen LogP contribution in [-0.4, -0.2) is 20.7 Å². The normalized spacial score (nSPS) is 10.7. The van der Waals surface area contributed by atoms with Gasteiger partial charge in [-0.25, -0.2) is 14.1 Å². The van der Waals surface area contributed by atoms with Gasteiger partial charge in [0.15, 0.2) is 0 Å². The number of aryl methyl sites for hydroxylation is 2. The summed E-state index contributed by atoms with van der Waals surface area (Å²) < 4.78 is 14.6. The molecule has 118 valence electrons. The van der Waals surface area contributed by atoms with E-state index in [1.165, 1.54) is 11.3 Å². The third kappa shape index (κ3) is 3.14. The molecular formula is C16H15FN4OS. The van der Waals surface area contributed by atoms with Crippen LogP contribution in [0.4, 0.5) is 10.1 Å². The van der Waals surface area contributed by atoms with Crippen molar-refractivity contribution in [3.63, 3.8) is 0 Å². The summed E-state index contributed by atoms with van der Waals surface area (Å²) in [5.41, 5.74) is 5.03. The van der Waals surface area contributed by atoms with E-state index in [2.05, 4.69) is 15.4 Å². The van der Waals surface area contributed by atoms with Crippen LogP contribution in [0.5, 0.6) is 0 Å². The Morgan fingerprint density at radius 1 is 1.30 bits per heavy atom. The number of amides is 1. The van der Waals surface area contributed by atoms with Gasteiger partial charge in [0.25, 0.3) is 5.91 Å². The molecular weight excluding hydrogens is 315 g/mol. The van der Waals surface area contributed by atoms with Crippen LogP contribution in [0.1, 0.15) is 26.8 Å². The summed E-state index contributed by atoms with van der Waals surface area (Å²) in [5.74, 6) is -0.183. The van der Waals surface area contributed by atoms with Gasteiger partial charge < -0.3 is 5.32 Å². The summed E-state index contributed by atoms with van der Waals surface area (Å²) in [6.45, 7) is 3.04. The zero-order valence-corrected chi connectivity index (χ0v) is 13.5. The molecule has 0 saturated carbocycles. The molecule has 0 aliphatic heterocycles. The third-order valence-corrected chi connectivity index (χ3v) is 4.29. The molecule has 7 heteroatoms. The molecule has 0 radical (unpaired) electrons. The first-order valence-electron chi connectivity index (χ1n) is 7.02. The molecule has 0 atom stereocenters. The molecule has 5 nitrogen and oxygen atoms in total. The number of rotatable bonds is 4. The zero-order chi connectivity index (χ0) is 16.4. The number of nitrogens with one attached hydrogen (secondary N) is 1. The molecule has 1 N–H and O–H groups in total. The van der Waals surface area contributed by atoms with Crippen molar-refractivity contribution in [2.75, 3.05) is 5.32 Å². The van der Waals surface area contributed by atoms with Gasteiger partial charge in [0.1, 0.15) is 11.6 Å². The number of benzene rings is 1. The Balaban J connectivity index is 1.80. The number of nitrogens with zero attached hydrogens (tertiary/aromatic N) is 3. The van der Waals surface area contributed by atoms with Gasteiger partial charge in [-0.2, -0.15) is 5.10 Å². The van der Waals surface area contributed by atoms with Gasteiger partial charge >= 0.3 is 0 Å². The van der Waals surface area contributed by atoms with Crippen molar-refractivity contribution in [3.8, 4) is 5.69 Å².